The smallest absolute Gasteiger partial charge is 0.232 e. The molecule has 0 saturated carbocycles. The summed E-state index contributed by atoms with van der Waals surface area (Å²) < 4.78 is 2.37. The van der Waals surface area contributed by atoms with Gasteiger partial charge in [0.05, 0.1) is 13.0 Å². The quantitative estimate of drug-likeness (QED) is 0.687. The van der Waals surface area contributed by atoms with Gasteiger partial charge in [0, 0.05) is 5.69 Å². The third-order valence-corrected chi connectivity index (χ3v) is 4.16. The number of carbonyl (C=O) groups is 1. The first-order chi connectivity index (χ1) is 12.0. The van der Waals surface area contributed by atoms with E-state index in [1.54, 1.807) is 0 Å². The van der Waals surface area contributed by atoms with Crippen LogP contribution in [0.3, 0.4) is 0 Å². The van der Waals surface area contributed by atoms with Crippen LogP contribution >= 0.6 is 12.2 Å². The second-order valence-corrected chi connectivity index (χ2v) is 6.50. The van der Waals surface area contributed by atoms with Crippen molar-refractivity contribution in [1.29, 1.82) is 0 Å². The Kier molecular flexibility index (Phi) is 5.09. The number of rotatable bonds is 5. The van der Waals surface area contributed by atoms with Crippen molar-refractivity contribution >= 4 is 23.8 Å². The number of H-pyrrole nitrogens is 1. The van der Waals surface area contributed by atoms with Gasteiger partial charge in [-0.1, -0.05) is 36.4 Å². The number of benzene rings is 2. The number of aromatic amines is 1. The fraction of sp³-hybridized carbons (Fsp3) is 0.211. The molecule has 128 valence electrons. The Hall–Kier alpha value is -2.73. The van der Waals surface area contributed by atoms with Crippen molar-refractivity contribution in [3.05, 3.63) is 75.8 Å². The molecule has 0 radical (unpaired) electrons. The fourth-order valence-electron chi connectivity index (χ4n) is 2.81. The summed E-state index contributed by atoms with van der Waals surface area (Å²) in [6.45, 7) is 4.60. The lowest BCUT2D eigenvalue weighted by Gasteiger charge is -2.09. The van der Waals surface area contributed by atoms with Crippen LogP contribution in [0.25, 0.3) is 0 Å². The second kappa shape index (κ2) is 7.44. The number of nitrogens with one attached hydrogen (secondary N) is 2. The molecular formula is C19H20N4OS. The number of aromatic nitrogens is 3. The molecule has 5 nitrogen and oxygen atoms in total. The van der Waals surface area contributed by atoms with E-state index >= 15 is 0 Å². The summed E-state index contributed by atoms with van der Waals surface area (Å²) in [6.07, 6.45) is 0.160. The van der Waals surface area contributed by atoms with E-state index in [-0.39, 0.29) is 12.3 Å². The minimum atomic E-state index is -0.117. The summed E-state index contributed by atoms with van der Waals surface area (Å²) in [6, 6.07) is 15.9. The van der Waals surface area contributed by atoms with Crippen molar-refractivity contribution in [1.82, 2.24) is 14.8 Å². The molecule has 0 unspecified atom stereocenters. The lowest BCUT2D eigenvalue weighted by Crippen LogP contribution is -2.18. The van der Waals surface area contributed by atoms with E-state index in [0.717, 1.165) is 22.4 Å². The SMILES string of the molecule is Cc1cc(C)cc(NC(=O)Cc2n[nH]c(=S)n2Cc2ccccc2)c1. The predicted molar refractivity (Wildman–Crippen MR) is 101 cm³/mol. The molecule has 1 aromatic heterocycles. The first-order valence-corrected chi connectivity index (χ1v) is 8.48. The van der Waals surface area contributed by atoms with Crippen LogP contribution < -0.4 is 5.32 Å². The van der Waals surface area contributed by atoms with Gasteiger partial charge in [-0.15, -0.1) is 0 Å². The molecule has 6 heteroatoms. The zero-order valence-corrected chi connectivity index (χ0v) is 15.1. The Balaban J connectivity index is 1.74. The molecule has 25 heavy (non-hydrogen) atoms. The zero-order valence-electron chi connectivity index (χ0n) is 14.2. The summed E-state index contributed by atoms with van der Waals surface area (Å²) in [5, 5.41) is 9.93. The van der Waals surface area contributed by atoms with Gasteiger partial charge in [0.25, 0.3) is 0 Å². The van der Waals surface area contributed by atoms with Gasteiger partial charge in [-0.25, -0.2) is 0 Å². The molecule has 0 spiro atoms. The Morgan fingerprint density at radius 2 is 1.84 bits per heavy atom. The van der Waals surface area contributed by atoms with Crippen LogP contribution in [0.5, 0.6) is 0 Å². The number of amides is 1. The van der Waals surface area contributed by atoms with Crippen molar-refractivity contribution in [2.45, 2.75) is 26.8 Å². The molecule has 3 rings (SSSR count). The van der Waals surface area contributed by atoms with E-state index < -0.39 is 0 Å². The molecule has 0 fully saturated rings. The monoisotopic (exact) mass is 352 g/mol. The Morgan fingerprint density at radius 1 is 1.16 bits per heavy atom. The highest BCUT2D eigenvalue weighted by Crippen LogP contribution is 2.14. The lowest BCUT2D eigenvalue weighted by atomic mass is 10.1. The summed E-state index contributed by atoms with van der Waals surface area (Å²) in [5.41, 5.74) is 4.13. The molecule has 1 amide bonds. The highest BCUT2D eigenvalue weighted by atomic mass is 32.1. The van der Waals surface area contributed by atoms with Crippen LogP contribution in [-0.2, 0) is 17.8 Å². The number of hydrogen-bond donors (Lipinski definition) is 2. The molecule has 0 aliphatic rings. The highest BCUT2D eigenvalue weighted by molar-refractivity contribution is 7.71. The minimum Gasteiger partial charge on any atom is -0.326 e. The van der Waals surface area contributed by atoms with E-state index in [4.69, 9.17) is 12.2 Å². The van der Waals surface area contributed by atoms with Crippen LogP contribution in [0.2, 0.25) is 0 Å². The van der Waals surface area contributed by atoms with Crippen LogP contribution in [-0.4, -0.2) is 20.7 Å². The van der Waals surface area contributed by atoms with E-state index in [1.165, 1.54) is 0 Å². The minimum absolute atomic E-state index is 0.117. The summed E-state index contributed by atoms with van der Waals surface area (Å²) >= 11 is 5.30. The molecular weight excluding hydrogens is 332 g/mol. The van der Waals surface area contributed by atoms with Gasteiger partial charge in [-0.2, -0.15) is 5.10 Å². The number of anilines is 1. The number of carbonyl (C=O) groups excluding carboxylic acids is 1. The Bertz CT molecular complexity index is 923. The molecule has 0 aliphatic heterocycles. The number of hydrogen-bond acceptors (Lipinski definition) is 3. The number of aryl methyl sites for hydroxylation is 2. The topological polar surface area (TPSA) is 62.7 Å². The van der Waals surface area contributed by atoms with Gasteiger partial charge < -0.3 is 5.32 Å². The summed E-state index contributed by atoms with van der Waals surface area (Å²) in [7, 11) is 0. The van der Waals surface area contributed by atoms with Crippen molar-refractivity contribution in [3.63, 3.8) is 0 Å². The van der Waals surface area contributed by atoms with Crippen molar-refractivity contribution in [3.8, 4) is 0 Å². The maximum Gasteiger partial charge on any atom is 0.232 e. The van der Waals surface area contributed by atoms with E-state index in [2.05, 4.69) is 21.6 Å². The Labute approximate surface area is 151 Å². The van der Waals surface area contributed by atoms with E-state index in [9.17, 15) is 4.79 Å². The average Bonchev–Trinajstić information content (AvgIpc) is 2.88. The standard InChI is InChI=1S/C19H20N4OS/c1-13-8-14(2)10-16(9-13)20-18(24)11-17-21-22-19(25)23(17)12-15-6-4-3-5-7-15/h3-10H,11-12H2,1-2H3,(H,20,24)(H,22,25). The molecule has 3 aromatic rings. The van der Waals surface area contributed by atoms with Crippen LogP contribution in [0.1, 0.15) is 22.5 Å². The first-order valence-electron chi connectivity index (χ1n) is 8.07. The average molecular weight is 352 g/mol. The van der Waals surface area contributed by atoms with E-state index in [0.29, 0.717) is 17.1 Å². The van der Waals surface area contributed by atoms with Gasteiger partial charge in [0.1, 0.15) is 5.82 Å². The second-order valence-electron chi connectivity index (χ2n) is 6.12. The van der Waals surface area contributed by atoms with E-state index in [1.807, 2.05) is 60.9 Å². The molecule has 0 saturated heterocycles. The first kappa shape index (κ1) is 17.1. The van der Waals surface area contributed by atoms with Gasteiger partial charge in [0.2, 0.25) is 5.91 Å². The number of nitrogens with zero attached hydrogens (tertiary/aromatic N) is 2. The van der Waals surface area contributed by atoms with Crippen molar-refractivity contribution < 1.29 is 4.79 Å². The molecule has 2 N–H and O–H groups in total. The molecule has 1 heterocycles. The molecule has 0 atom stereocenters. The maximum atomic E-state index is 12.4. The van der Waals surface area contributed by atoms with Gasteiger partial charge >= 0.3 is 0 Å². The van der Waals surface area contributed by atoms with Gasteiger partial charge in [0.15, 0.2) is 4.77 Å². The van der Waals surface area contributed by atoms with Crippen LogP contribution in [0, 0.1) is 18.6 Å². The third kappa shape index (κ3) is 4.42. The van der Waals surface area contributed by atoms with Crippen LogP contribution in [0.4, 0.5) is 5.69 Å². The van der Waals surface area contributed by atoms with Gasteiger partial charge in [-0.3, -0.25) is 14.5 Å². The maximum absolute atomic E-state index is 12.4. The van der Waals surface area contributed by atoms with Crippen molar-refractivity contribution in [2.75, 3.05) is 5.32 Å². The highest BCUT2D eigenvalue weighted by Gasteiger charge is 2.12. The van der Waals surface area contributed by atoms with Crippen molar-refractivity contribution in [2.24, 2.45) is 0 Å². The molecule has 0 bridgehead atoms. The fourth-order valence-corrected chi connectivity index (χ4v) is 3.03. The zero-order chi connectivity index (χ0) is 17.8. The molecule has 2 aromatic carbocycles. The predicted octanol–water partition coefficient (Wildman–Crippen LogP) is 3.79. The molecule has 0 aliphatic carbocycles. The third-order valence-electron chi connectivity index (χ3n) is 3.84. The largest absolute Gasteiger partial charge is 0.326 e. The Morgan fingerprint density at radius 3 is 2.52 bits per heavy atom. The van der Waals surface area contributed by atoms with Gasteiger partial charge in [-0.05, 0) is 54.9 Å². The normalized spacial score (nSPS) is 10.6. The lowest BCUT2D eigenvalue weighted by molar-refractivity contribution is -0.115. The summed E-state index contributed by atoms with van der Waals surface area (Å²) in [4.78, 5) is 12.4. The summed E-state index contributed by atoms with van der Waals surface area (Å²) in [5.74, 6) is 0.504. The van der Waals surface area contributed by atoms with Crippen LogP contribution in [0.15, 0.2) is 48.5 Å².